The molecule has 1 aliphatic rings. The largest absolute Gasteiger partial charge is 0.497 e. The maximum atomic E-state index is 12.3. The molecular weight excluding hydrogens is 344 g/mol. The highest BCUT2D eigenvalue weighted by Crippen LogP contribution is 2.34. The van der Waals surface area contributed by atoms with Crippen molar-refractivity contribution >= 4 is 6.03 Å². The van der Waals surface area contributed by atoms with Crippen molar-refractivity contribution in [3.05, 3.63) is 53.6 Å². The van der Waals surface area contributed by atoms with Gasteiger partial charge in [-0.1, -0.05) is 18.2 Å². The van der Waals surface area contributed by atoms with Gasteiger partial charge in [-0.3, -0.25) is 0 Å². The highest BCUT2D eigenvalue weighted by atomic mass is 16.6. The van der Waals surface area contributed by atoms with Gasteiger partial charge in [0.2, 0.25) is 0 Å². The third kappa shape index (κ3) is 4.84. The van der Waals surface area contributed by atoms with Gasteiger partial charge in [-0.25, -0.2) is 4.79 Å². The Morgan fingerprint density at radius 2 is 1.89 bits per heavy atom. The van der Waals surface area contributed by atoms with E-state index < -0.39 is 5.54 Å². The number of nitrogens with one attached hydrogen (secondary N) is 2. The molecule has 0 saturated heterocycles. The highest BCUT2D eigenvalue weighted by molar-refractivity contribution is 5.75. The molecule has 0 spiro atoms. The van der Waals surface area contributed by atoms with Crippen molar-refractivity contribution in [2.75, 3.05) is 26.9 Å². The van der Waals surface area contributed by atoms with Crippen LogP contribution in [-0.4, -0.2) is 32.9 Å². The lowest BCUT2D eigenvalue weighted by Crippen LogP contribution is -2.46. The average Bonchev–Trinajstić information content (AvgIpc) is 2.67. The first kappa shape index (κ1) is 18.9. The molecule has 0 saturated carbocycles. The Kier molecular flexibility index (Phi) is 5.74. The van der Waals surface area contributed by atoms with E-state index in [1.807, 2.05) is 56.3 Å². The zero-order chi connectivity index (χ0) is 19.3. The first-order valence-corrected chi connectivity index (χ1v) is 9.07. The van der Waals surface area contributed by atoms with Gasteiger partial charge in [0.05, 0.1) is 12.6 Å². The van der Waals surface area contributed by atoms with E-state index in [1.165, 1.54) is 0 Å². The zero-order valence-corrected chi connectivity index (χ0v) is 16.0. The summed E-state index contributed by atoms with van der Waals surface area (Å²) < 4.78 is 16.4. The molecule has 0 aromatic heterocycles. The molecule has 1 heterocycles. The smallest absolute Gasteiger partial charge is 0.315 e. The van der Waals surface area contributed by atoms with Crippen LogP contribution in [0.2, 0.25) is 0 Å². The Bertz CT molecular complexity index is 805. The van der Waals surface area contributed by atoms with Crippen molar-refractivity contribution in [1.82, 2.24) is 10.6 Å². The Morgan fingerprint density at radius 1 is 1.11 bits per heavy atom. The van der Waals surface area contributed by atoms with Crippen LogP contribution in [0.4, 0.5) is 4.79 Å². The van der Waals surface area contributed by atoms with Crippen molar-refractivity contribution in [3.63, 3.8) is 0 Å². The third-order valence-corrected chi connectivity index (χ3v) is 4.52. The van der Waals surface area contributed by atoms with E-state index in [1.54, 1.807) is 7.11 Å². The number of amides is 2. The molecule has 0 unspecified atom stereocenters. The van der Waals surface area contributed by atoms with Gasteiger partial charge in [-0.2, -0.15) is 0 Å². The molecule has 0 atom stereocenters. The van der Waals surface area contributed by atoms with E-state index in [0.717, 1.165) is 29.0 Å². The van der Waals surface area contributed by atoms with Gasteiger partial charge in [0.15, 0.2) is 11.5 Å². The Hall–Kier alpha value is -2.89. The maximum Gasteiger partial charge on any atom is 0.315 e. The van der Waals surface area contributed by atoms with Gasteiger partial charge < -0.3 is 24.8 Å². The molecule has 0 radical (unpaired) electrons. The van der Waals surface area contributed by atoms with Crippen LogP contribution in [0.5, 0.6) is 17.2 Å². The lowest BCUT2D eigenvalue weighted by atomic mass is 9.94. The van der Waals surface area contributed by atoms with Crippen LogP contribution in [0.15, 0.2) is 42.5 Å². The normalized spacial score (nSPS) is 13.0. The molecule has 3 rings (SSSR count). The number of benzene rings is 2. The quantitative estimate of drug-likeness (QED) is 0.819. The molecule has 6 heteroatoms. The second-order valence-electron chi connectivity index (χ2n) is 6.97. The summed E-state index contributed by atoms with van der Waals surface area (Å²) in [6, 6.07) is 13.4. The summed E-state index contributed by atoms with van der Waals surface area (Å²) >= 11 is 0. The topological polar surface area (TPSA) is 68.8 Å². The molecule has 144 valence electrons. The Morgan fingerprint density at radius 3 is 2.67 bits per heavy atom. The summed E-state index contributed by atoms with van der Waals surface area (Å²) in [5.41, 5.74) is 1.52. The number of methoxy groups -OCH3 is 1. The minimum Gasteiger partial charge on any atom is -0.497 e. The minimum atomic E-state index is -0.546. The molecule has 1 aliphatic heterocycles. The predicted molar refractivity (Wildman–Crippen MR) is 104 cm³/mol. The van der Waals surface area contributed by atoms with Gasteiger partial charge in [-0.05, 0) is 55.7 Å². The molecule has 2 aromatic carbocycles. The molecule has 2 amide bonds. The van der Waals surface area contributed by atoms with Crippen molar-refractivity contribution in [3.8, 4) is 17.2 Å². The van der Waals surface area contributed by atoms with Gasteiger partial charge in [0.25, 0.3) is 0 Å². The molecular formula is C21H26N2O4. The number of hydrogen-bond acceptors (Lipinski definition) is 4. The van der Waals surface area contributed by atoms with Gasteiger partial charge in [0, 0.05) is 6.54 Å². The Balaban J connectivity index is 1.54. The number of ether oxygens (including phenoxy) is 3. The summed E-state index contributed by atoms with van der Waals surface area (Å²) in [4.78, 5) is 12.3. The molecule has 2 N–H and O–H groups in total. The number of urea groups is 1. The van der Waals surface area contributed by atoms with E-state index in [0.29, 0.717) is 25.5 Å². The van der Waals surface area contributed by atoms with Crippen LogP contribution < -0.4 is 24.8 Å². The van der Waals surface area contributed by atoms with Crippen LogP contribution >= 0.6 is 0 Å². The summed E-state index contributed by atoms with van der Waals surface area (Å²) in [7, 11) is 1.64. The van der Waals surface area contributed by atoms with Gasteiger partial charge in [0.1, 0.15) is 19.0 Å². The molecule has 0 aliphatic carbocycles. The zero-order valence-electron chi connectivity index (χ0n) is 16.0. The number of carbonyl (C=O) groups excluding carboxylic acids is 1. The molecule has 6 nitrogen and oxygen atoms in total. The number of carbonyl (C=O) groups is 1. The molecule has 0 bridgehead atoms. The fourth-order valence-electron chi connectivity index (χ4n) is 2.98. The van der Waals surface area contributed by atoms with E-state index in [9.17, 15) is 4.79 Å². The Labute approximate surface area is 159 Å². The number of hydrogen-bond donors (Lipinski definition) is 2. The van der Waals surface area contributed by atoms with Crippen molar-refractivity contribution in [1.29, 1.82) is 0 Å². The van der Waals surface area contributed by atoms with Crippen molar-refractivity contribution in [2.45, 2.75) is 25.8 Å². The predicted octanol–water partition coefficient (Wildman–Crippen LogP) is 3.24. The standard InChI is InChI=1S/C21H26N2O4/c1-21(2,16-7-8-18-19(14-16)27-12-11-26-18)23-20(24)22-10-9-15-5-4-6-17(13-15)25-3/h4-8,13-14H,9-12H2,1-3H3,(H2,22,23,24). The number of fused-ring (bicyclic) bond motifs is 1. The van der Waals surface area contributed by atoms with E-state index in [-0.39, 0.29) is 6.03 Å². The summed E-state index contributed by atoms with van der Waals surface area (Å²) in [6.45, 7) is 5.55. The highest BCUT2D eigenvalue weighted by Gasteiger charge is 2.25. The average molecular weight is 370 g/mol. The van der Waals surface area contributed by atoms with Crippen LogP contribution in [0.25, 0.3) is 0 Å². The second kappa shape index (κ2) is 8.20. The van der Waals surface area contributed by atoms with Crippen molar-refractivity contribution in [2.24, 2.45) is 0 Å². The lowest BCUT2D eigenvalue weighted by Gasteiger charge is -2.28. The van der Waals surface area contributed by atoms with E-state index >= 15 is 0 Å². The van der Waals surface area contributed by atoms with Gasteiger partial charge >= 0.3 is 6.03 Å². The minimum absolute atomic E-state index is 0.210. The molecule has 0 fully saturated rings. The van der Waals surface area contributed by atoms with Crippen LogP contribution in [0.3, 0.4) is 0 Å². The second-order valence-corrected chi connectivity index (χ2v) is 6.97. The number of rotatable bonds is 6. The molecule has 2 aromatic rings. The summed E-state index contributed by atoms with van der Waals surface area (Å²) in [5.74, 6) is 2.27. The van der Waals surface area contributed by atoms with Crippen LogP contribution in [-0.2, 0) is 12.0 Å². The van der Waals surface area contributed by atoms with Crippen molar-refractivity contribution < 1.29 is 19.0 Å². The first-order valence-electron chi connectivity index (χ1n) is 9.07. The third-order valence-electron chi connectivity index (χ3n) is 4.52. The first-order chi connectivity index (χ1) is 13.0. The fourth-order valence-corrected chi connectivity index (χ4v) is 2.98. The van der Waals surface area contributed by atoms with Gasteiger partial charge in [-0.15, -0.1) is 0 Å². The SMILES string of the molecule is COc1cccc(CCNC(=O)NC(C)(C)c2ccc3c(c2)OCCO3)c1. The van der Waals surface area contributed by atoms with E-state index in [4.69, 9.17) is 14.2 Å². The fraction of sp³-hybridized carbons (Fsp3) is 0.381. The maximum absolute atomic E-state index is 12.3. The molecule has 27 heavy (non-hydrogen) atoms. The van der Waals surface area contributed by atoms with Crippen LogP contribution in [0, 0.1) is 0 Å². The van der Waals surface area contributed by atoms with Crippen LogP contribution in [0.1, 0.15) is 25.0 Å². The summed E-state index contributed by atoms with van der Waals surface area (Å²) in [5, 5.41) is 5.93. The lowest BCUT2D eigenvalue weighted by molar-refractivity contribution is 0.171. The summed E-state index contributed by atoms with van der Waals surface area (Å²) in [6.07, 6.45) is 0.731. The van der Waals surface area contributed by atoms with E-state index in [2.05, 4.69) is 10.6 Å². The monoisotopic (exact) mass is 370 g/mol.